The minimum atomic E-state index is 0.306. The second kappa shape index (κ2) is 5.67. The van der Waals surface area contributed by atoms with E-state index in [0.29, 0.717) is 6.04 Å². The van der Waals surface area contributed by atoms with Crippen molar-refractivity contribution < 1.29 is 4.74 Å². The molecule has 0 amide bonds. The quantitative estimate of drug-likeness (QED) is 0.906. The first-order valence-electron chi connectivity index (χ1n) is 7.24. The molecule has 1 unspecified atom stereocenters. The fourth-order valence-electron chi connectivity index (χ4n) is 2.76. The molecule has 106 valence electrons. The Hall–Kier alpha value is -1.81. The zero-order valence-corrected chi connectivity index (χ0v) is 12.1. The van der Waals surface area contributed by atoms with Gasteiger partial charge in [0.15, 0.2) is 0 Å². The minimum Gasteiger partial charge on any atom is -0.493 e. The van der Waals surface area contributed by atoms with E-state index in [-0.39, 0.29) is 0 Å². The van der Waals surface area contributed by atoms with Crippen molar-refractivity contribution in [2.45, 2.75) is 25.8 Å². The standard InChI is InChI=1S/C16H21N3O/c1-3-17-15(11-14-6-8-19(2)18-14)12-4-5-16-13(10-12)7-9-20-16/h4-6,8,10,15,17H,3,7,9,11H2,1-2H3. The zero-order chi connectivity index (χ0) is 13.9. The normalized spacial score (nSPS) is 14.9. The summed E-state index contributed by atoms with van der Waals surface area (Å²) >= 11 is 0. The predicted octanol–water partition coefficient (Wildman–Crippen LogP) is 2.25. The Balaban J connectivity index is 1.82. The van der Waals surface area contributed by atoms with Gasteiger partial charge in [-0.2, -0.15) is 5.10 Å². The van der Waals surface area contributed by atoms with Crippen LogP contribution in [0.15, 0.2) is 30.5 Å². The number of nitrogens with zero attached hydrogens (tertiary/aromatic N) is 2. The van der Waals surface area contributed by atoms with Crippen LogP contribution >= 0.6 is 0 Å². The van der Waals surface area contributed by atoms with Gasteiger partial charge in [-0.3, -0.25) is 4.68 Å². The van der Waals surface area contributed by atoms with Crippen LogP contribution < -0.4 is 10.1 Å². The summed E-state index contributed by atoms with van der Waals surface area (Å²) in [6.07, 6.45) is 3.93. The Morgan fingerprint density at radius 2 is 2.30 bits per heavy atom. The van der Waals surface area contributed by atoms with Crippen LogP contribution in [0.3, 0.4) is 0 Å². The fraction of sp³-hybridized carbons (Fsp3) is 0.438. The van der Waals surface area contributed by atoms with Crippen LogP contribution in [0, 0.1) is 0 Å². The molecule has 1 aromatic heterocycles. The molecule has 2 heterocycles. The highest BCUT2D eigenvalue weighted by atomic mass is 16.5. The molecule has 0 aliphatic carbocycles. The van der Waals surface area contributed by atoms with Gasteiger partial charge >= 0.3 is 0 Å². The van der Waals surface area contributed by atoms with E-state index in [1.807, 2.05) is 17.9 Å². The molecule has 2 aromatic rings. The summed E-state index contributed by atoms with van der Waals surface area (Å²) < 4.78 is 7.43. The number of hydrogen-bond acceptors (Lipinski definition) is 3. The molecular weight excluding hydrogens is 250 g/mol. The molecule has 3 rings (SSSR count). The van der Waals surface area contributed by atoms with E-state index < -0.39 is 0 Å². The monoisotopic (exact) mass is 271 g/mol. The van der Waals surface area contributed by atoms with E-state index in [0.717, 1.165) is 37.4 Å². The molecular formula is C16H21N3O. The fourth-order valence-corrected chi connectivity index (χ4v) is 2.76. The molecule has 0 spiro atoms. The Bertz CT molecular complexity index is 591. The average molecular weight is 271 g/mol. The molecule has 1 aliphatic heterocycles. The lowest BCUT2D eigenvalue weighted by Gasteiger charge is -2.18. The van der Waals surface area contributed by atoms with Gasteiger partial charge in [0.2, 0.25) is 0 Å². The van der Waals surface area contributed by atoms with E-state index in [1.165, 1.54) is 11.1 Å². The van der Waals surface area contributed by atoms with Crippen LogP contribution in [0.1, 0.15) is 29.8 Å². The van der Waals surface area contributed by atoms with Crippen LogP contribution in [0.2, 0.25) is 0 Å². The summed E-state index contributed by atoms with van der Waals surface area (Å²) in [6.45, 7) is 3.90. The van der Waals surface area contributed by atoms with Crippen molar-refractivity contribution in [2.24, 2.45) is 7.05 Å². The lowest BCUT2D eigenvalue weighted by atomic mass is 9.99. The maximum atomic E-state index is 5.58. The Morgan fingerprint density at radius 1 is 1.40 bits per heavy atom. The van der Waals surface area contributed by atoms with Gasteiger partial charge in [0.25, 0.3) is 0 Å². The highest BCUT2D eigenvalue weighted by molar-refractivity contribution is 5.41. The van der Waals surface area contributed by atoms with E-state index >= 15 is 0 Å². The predicted molar refractivity (Wildman–Crippen MR) is 79.0 cm³/mol. The van der Waals surface area contributed by atoms with Crippen LogP contribution in [-0.4, -0.2) is 22.9 Å². The third-order valence-corrected chi connectivity index (χ3v) is 3.75. The van der Waals surface area contributed by atoms with E-state index in [2.05, 4.69) is 41.6 Å². The molecule has 1 atom stereocenters. The van der Waals surface area contributed by atoms with Crippen molar-refractivity contribution in [3.63, 3.8) is 0 Å². The maximum absolute atomic E-state index is 5.58. The molecule has 0 fully saturated rings. The van der Waals surface area contributed by atoms with Gasteiger partial charge in [-0.05, 0) is 29.8 Å². The van der Waals surface area contributed by atoms with Gasteiger partial charge in [0.05, 0.1) is 12.3 Å². The first-order valence-corrected chi connectivity index (χ1v) is 7.24. The first-order chi connectivity index (χ1) is 9.76. The summed E-state index contributed by atoms with van der Waals surface area (Å²) in [5, 5.41) is 8.04. The SMILES string of the molecule is CCNC(Cc1ccn(C)n1)c1ccc2c(c1)CCO2. The summed E-state index contributed by atoms with van der Waals surface area (Å²) in [5.74, 6) is 1.04. The molecule has 1 aliphatic rings. The first kappa shape index (κ1) is 13.2. The van der Waals surface area contributed by atoms with Crippen molar-refractivity contribution in [1.29, 1.82) is 0 Å². The summed E-state index contributed by atoms with van der Waals surface area (Å²) in [5.41, 5.74) is 3.77. The number of aromatic nitrogens is 2. The van der Waals surface area contributed by atoms with Crippen molar-refractivity contribution in [1.82, 2.24) is 15.1 Å². The third kappa shape index (κ3) is 2.70. The summed E-state index contributed by atoms with van der Waals surface area (Å²) in [4.78, 5) is 0. The van der Waals surface area contributed by atoms with Crippen LogP contribution in [0.4, 0.5) is 0 Å². The molecule has 20 heavy (non-hydrogen) atoms. The number of hydrogen-bond donors (Lipinski definition) is 1. The smallest absolute Gasteiger partial charge is 0.122 e. The summed E-state index contributed by atoms with van der Waals surface area (Å²) in [6, 6.07) is 8.93. The largest absolute Gasteiger partial charge is 0.493 e. The minimum absolute atomic E-state index is 0.306. The van der Waals surface area contributed by atoms with Gasteiger partial charge < -0.3 is 10.1 Å². The van der Waals surface area contributed by atoms with Gasteiger partial charge in [0.1, 0.15) is 5.75 Å². The molecule has 4 heteroatoms. The van der Waals surface area contributed by atoms with Gasteiger partial charge in [0, 0.05) is 32.1 Å². The maximum Gasteiger partial charge on any atom is 0.122 e. The number of nitrogens with one attached hydrogen (secondary N) is 1. The van der Waals surface area contributed by atoms with Crippen molar-refractivity contribution in [2.75, 3.05) is 13.2 Å². The van der Waals surface area contributed by atoms with E-state index in [4.69, 9.17) is 4.74 Å². The number of benzene rings is 1. The van der Waals surface area contributed by atoms with Crippen LogP contribution in [-0.2, 0) is 19.9 Å². The molecule has 1 aromatic carbocycles. The second-order valence-corrected chi connectivity index (χ2v) is 5.26. The van der Waals surface area contributed by atoms with Crippen LogP contribution in [0.5, 0.6) is 5.75 Å². The molecule has 0 saturated heterocycles. The van der Waals surface area contributed by atoms with Crippen molar-refractivity contribution >= 4 is 0 Å². The number of fused-ring (bicyclic) bond motifs is 1. The van der Waals surface area contributed by atoms with Crippen molar-refractivity contribution in [3.05, 3.63) is 47.3 Å². The lowest BCUT2D eigenvalue weighted by molar-refractivity contribution is 0.356. The highest BCUT2D eigenvalue weighted by Gasteiger charge is 2.17. The second-order valence-electron chi connectivity index (χ2n) is 5.26. The highest BCUT2D eigenvalue weighted by Crippen LogP contribution is 2.29. The number of aryl methyl sites for hydroxylation is 1. The Morgan fingerprint density at radius 3 is 3.05 bits per heavy atom. The van der Waals surface area contributed by atoms with Crippen LogP contribution in [0.25, 0.3) is 0 Å². The summed E-state index contributed by atoms with van der Waals surface area (Å²) in [7, 11) is 1.96. The molecule has 0 saturated carbocycles. The van der Waals surface area contributed by atoms with Gasteiger partial charge in [-0.15, -0.1) is 0 Å². The third-order valence-electron chi connectivity index (χ3n) is 3.75. The Kier molecular flexibility index (Phi) is 3.74. The van der Waals surface area contributed by atoms with Gasteiger partial charge in [-0.1, -0.05) is 19.1 Å². The molecule has 1 N–H and O–H groups in total. The van der Waals surface area contributed by atoms with E-state index in [1.54, 1.807) is 0 Å². The van der Waals surface area contributed by atoms with Crippen molar-refractivity contribution in [3.8, 4) is 5.75 Å². The van der Waals surface area contributed by atoms with E-state index in [9.17, 15) is 0 Å². The molecule has 4 nitrogen and oxygen atoms in total. The average Bonchev–Trinajstić information content (AvgIpc) is 3.06. The topological polar surface area (TPSA) is 39.1 Å². The molecule has 0 radical (unpaired) electrons. The van der Waals surface area contributed by atoms with Gasteiger partial charge in [-0.25, -0.2) is 0 Å². The zero-order valence-electron chi connectivity index (χ0n) is 12.1. The Labute approximate surface area is 119 Å². The number of rotatable bonds is 5. The molecule has 0 bridgehead atoms. The number of ether oxygens (including phenoxy) is 1. The lowest BCUT2D eigenvalue weighted by Crippen LogP contribution is -2.23. The number of likely N-dealkylation sites (N-methyl/N-ethyl adjacent to an activating group) is 1.